The molecule has 1 aromatic rings. The molecule has 0 aliphatic heterocycles. The van der Waals surface area contributed by atoms with E-state index in [4.69, 9.17) is 0 Å². The maximum Gasteiger partial charge on any atom is 0.235 e. The van der Waals surface area contributed by atoms with Gasteiger partial charge in [-0.3, -0.25) is 7.94 Å². The van der Waals surface area contributed by atoms with Crippen molar-refractivity contribution in [1.29, 1.82) is 0 Å². The van der Waals surface area contributed by atoms with Crippen LogP contribution in [0, 0.1) is 0 Å². The minimum Gasteiger partial charge on any atom is -0.252 e. The van der Waals surface area contributed by atoms with Crippen molar-refractivity contribution in [2.45, 2.75) is 0 Å². The third kappa shape index (κ3) is 3.38. The van der Waals surface area contributed by atoms with Gasteiger partial charge in [-0.1, -0.05) is 0 Å². The molecule has 1 heterocycles. The van der Waals surface area contributed by atoms with Crippen LogP contribution in [0.3, 0.4) is 0 Å². The van der Waals surface area contributed by atoms with Crippen molar-refractivity contribution >= 4 is 20.0 Å². The van der Waals surface area contributed by atoms with E-state index in [-0.39, 0.29) is 0 Å². The summed E-state index contributed by atoms with van der Waals surface area (Å²) < 4.78 is 46.8. The second kappa shape index (κ2) is 4.30. The van der Waals surface area contributed by atoms with Gasteiger partial charge in [-0.25, -0.2) is 16.8 Å². The molecule has 0 aliphatic rings. The van der Waals surface area contributed by atoms with Gasteiger partial charge in [0, 0.05) is 24.8 Å². The highest BCUT2D eigenvalue weighted by molar-refractivity contribution is 7.89. The lowest BCUT2D eigenvalue weighted by atomic mass is 10.6. The maximum absolute atomic E-state index is 11.2. The van der Waals surface area contributed by atoms with E-state index >= 15 is 0 Å². The minimum atomic E-state index is -3.43. The Hall–Kier alpha value is -1.28. The predicted molar refractivity (Wildman–Crippen MR) is 60.5 cm³/mol. The molecule has 0 saturated carbocycles. The van der Waals surface area contributed by atoms with E-state index in [0.717, 1.165) is 32.9 Å². The SMILES string of the molecule is CS(=O)(=O)n1ccccn(S(C)(=O)=O)cc1. The monoisotopic (exact) mass is 264 g/mol. The summed E-state index contributed by atoms with van der Waals surface area (Å²) in [5.41, 5.74) is 0. The Morgan fingerprint density at radius 2 is 1.00 bits per heavy atom. The molecule has 90 valence electrons. The molecule has 0 spiro atoms. The van der Waals surface area contributed by atoms with Crippen molar-refractivity contribution in [3.63, 3.8) is 0 Å². The van der Waals surface area contributed by atoms with Gasteiger partial charge in [0.1, 0.15) is 0 Å². The molecule has 0 bridgehead atoms. The molecule has 0 amide bonds. The molecule has 0 saturated heterocycles. The first kappa shape index (κ1) is 12.8. The summed E-state index contributed by atoms with van der Waals surface area (Å²) in [5, 5.41) is 0. The fourth-order valence-corrected chi connectivity index (χ4v) is 2.08. The molecule has 0 aliphatic carbocycles. The van der Waals surface area contributed by atoms with Crippen LogP contribution in [-0.4, -0.2) is 37.3 Å². The molecule has 0 atom stereocenters. The van der Waals surface area contributed by atoms with Gasteiger partial charge < -0.3 is 0 Å². The number of hydrogen-bond donors (Lipinski definition) is 0. The Bertz CT molecular complexity index is 564. The average molecular weight is 264 g/mol. The molecule has 1 rings (SSSR count). The van der Waals surface area contributed by atoms with Crippen LogP contribution in [0.4, 0.5) is 0 Å². The van der Waals surface area contributed by atoms with Crippen molar-refractivity contribution in [3.05, 3.63) is 36.9 Å². The quantitative estimate of drug-likeness (QED) is 0.755. The van der Waals surface area contributed by atoms with Gasteiger partial charge in [-0.15, -0.1) is 0 Å². The molecule has 8 heteroatoms. The second-order valence-electron chi connectivity index (χ2n) is 3.17. The molecular weight excluding hydrogens is 252 g/mol. The highest BCUT2D eigenvalue weighted by Gasteiger charge is 2.02. The van der Waals surface area contributed by atoms with E-state index in [1.54, 1.807) is 0 Å². The van der Waals surface area contributed by atoms with Gasteiger partial charge >= 0.3 is 0 Å². The van der Waals surface area contributed by atoms with Crippen LogP contribution in [0.1, 0.15) is 0 Å². The zero-order chi connectivity index (χ0) is 12.4. The second-order valence-corrected chi connectivity index (χ2v) is 6.94. The highest BCUT2D eigenvalue weighted by atomic mass is 32.2. The van der Waals surface area contributed by atoms with E-state index in [1.807, 2.05) is 0 Å². The van der Waals surface area contributed by atoms with Gasteiger partial charge in [0.15, 0.2) is 0 Å². The third-order valence-corrected chi connectivity index (χ3v) is 3.72. The molecule has 6 nitrogen and oxygen atoms in total. The third-order valence-electron chi connectivity index (χ3n) is 1.70. The molecule has 0 aromatic carbocycles. The molecule has 0 radical (unpaired) electrons. The lowest BCUT2D eigenvalue weighted by molar-refractivity contribution is 0.589. The Morgan fingerprint density at radius 3 is 1.25 bits per heavy atom. The van der Waals surface area contributed by atoms with Crippen LogP contribution in [0.25, 0.3) is 0 Å². The topological polar surface area (TPSA) is 78.1 Å². The van der Waals surface area contributed by atoms with Crippen molar-refractivity contribution in [2.24, 2.45) is 0 Å². The van der Waals surface area contributed by atoms with Crippen LogP contribution in [-0.2, 0) is 20.0 Å². The van der Waals surface area contributed by atoms with Crippen LogP contribution >= 0.6 is 0 Å². The van der Waals surface area contributed by atoms with E-state index < -0.39 is 20.0 Å². The van der Waals surface area contributed by atoms with Crippen molar-refractivity contribution in [3.8, 4) is 0 Å². The number of nitrogens with zero attached hydrogens (tertiary/aromatic N) is 2. The van der Waals surface area contributed by atoms with Gasteiger partial charge in [-0.2, -0.15) is 0 Å². The standard InChI is InChI=1S/C8H12N2O4S2/c1-15(11,12)9-5-3-4-6-10(8-7-9)16(2,13)14/h3-8H,1-2H3. The van der Waals surface area contributed by atoms with E-state index in [2.05, 4.69) is 0 Å². The first-order chi connectivity index (χ1) is 7.21. The summed E-state index contributed by atoms with van der Waals surface area (Å²) in [4.78, 5) is 0. The predicted octanol–water partition coefficient (Wildman–Crippen LogP) is 0.0294. The van der Waals surface area contributed by atoms with E-state index in [1.165, 1.54) is 24.5 Å². The summed E-state index contributed by atoms with van der Waals surface area (Å²) in [7, 11) is -6.86. The van der Waals surface area contributed by atoms with Crippen molar-refractivity contribution in [1.82, 2.24) is 7.94 Å². The van der Waals surface area contributed by atoms with Crippen molar-refractivity contribution in [2.75, 3.05) is 12.5 Å². The normalized spacial score (nSPS) is 12.1. The van der Waals surface area contributed by atoms with E-state index in [9.17, 15) is 16.8 Å². The number of aromatic nitrogens is 2. The summed E-state index contributed by atoms with van der Waals surface area (Å²) in [6.45, 7) is 0. The zero-order valence-corrected chi connectivity index (χ0v) is 10.4. The highest BCUT2D eigenvalue weighted by Crippen LogP contribution is 1.95. The van der Waals surface area contributed by atoms with Gasteiger partial charge in [0.25, 0.3) is 0 Å². The lowest BCUT2D eigenvalue weighted by Gasteiger charge is -2.03. The number of hydrogen-bond acceptors (Lipinski definition) is 4. The zero-order valence-electron chi connectivity index (χ0n) is 8.81. The van der Waals surface area contributed by atoms with Crippen LogP contribution < -0.4 is 0 Å². The first-order valence-corrected chi connectivity index (χ1v) is 7.91. The molecule has 0 fully saturated rings. The van der Waals surface area contributed by atoms with Gasteiger partial charge in [0.2, 0.25) is 20.0 Å². The van der Waals surface area contributed by atoms with Crippen LogP contribution in [0.2, 0.25) is 0 Å². The van der Waals surface area contributed by atoms with Gasteiger partial charge in [0.05, 0.1) is 12.5 Å². The fraction of sp³-hybridized carbons (Fsp3) is 0.250. The lowest BCUT2D eigenvalue weighted by Crippen LogP contribution is -2.12. The largest absolute Gasteiger partial charge is 0.252 e. The average Bonchev–Trinajstić information content (AvgIpc) is 1.96. The Morgan fingerprint density at radius 1 is 0.688 bits per heavy atom. The number of rotatable bonds is 2. The van der Waals surface area contributed by atoms with Crippen LogP contribution in [0.15, 0.2) is 36.9 Å². The summed E-state index contributed by atoms with van der Waals surface area (Å²) in [5.74, 6) is 0. The van der Waals surface area contributed by atoms with E-state index in [0.29, 0.717) is 0 Å². The fourth-order valence-electron chi connectivity index (χ4n) is 0.942. The maximum atomic E-state index is 11.2. The molecule has 0 unspecified atom stereocenters. The first-order valence-electron chi connectivity index (χ1n) is 4.21. The summed E-state index contributed by atoms with van der Waals surface area (Å²) in [6.07, 6.45) is 7.02. The van der Waals surface area contributed by atoms with Gasteiger partial charge in [-0.05, 0) is 12.1 Å². The molecule has 16 heavy (non-hydrogen) atoms. The summed E-state index contributed by atoms with van der Waals surface area (Å²) >= 11 is 0. The summed E-state index contributed by atoms with van der Waals surface area (Å²) in [6, 6.07) is 2.87. The molecule has 0 N–H and O–H groups in total. The molecule has 1 aromatic heterocycles. The Labute approximate surface area is 94.6 Å². The smallest absolute Gasteiger partial charge is 0.235 e. The Kier molecular flexibility index (Phi) is 3.44. The molecular formula is C8H12N2O4S2. The van der Waals surface area contributed by atoms with Crippen LogP contribution in [0.5, 0.6) is 0 Å². The van der Waals surface area contributed by atoms with Crippen molar-refractivity contribution < 1.29 is 16.8 Å². The minimum absolute atomic E-state index is 0.925. The Balaban J connectivity index is 3.51.